The smallest absolute Gasteiger partial charge is 0.422 e. The van der Waals surface area contributed by atoms with Gasteiger partial charge in [-0.2, -0.15) is 13.2 Å². The van der Waals surface area contributed by atoms with Crippen LogP contribution in [0, 0.1) is 0 Å². The van der Waals surface area contributed by atoms with Crippen LogP contribution in [0.1, 0.15) is 48.4 Å². The fourth-order valence-corrected chi connectivity index (χ4v) is 2.30. The molecular formula is C19H22F3N3O2. The summed E-state index contributed by atoms with van der Waals surface area (Å²) in [5.41, 5.74) is 7.40. The van der Waals surface area contributed by atoms with Crippen LogP contribution in [0.2, 0.25) is 0 Å². The third kappa shape index (κ3) is 6.25. The number of hydrogen-bond donors (Lipinski definition) is 2. The highest BCUT2D eigenvalue weighted by atomic mass is 19.4. The molecule has 2 aromatic rings. The summed E-state index contributed by atoms with van der Waals surface area (Å²) in [5, 5.41) is 2.79. The number of alkyl halides is 3. The van der Waals surface area contributed by atoms with E-state index in [4.69, 9.17) is 5.73 Å². The van der Waals surface area contributed by atoms with E-state index in [1.165, 1.54) is 18.3 Å². The first-order valence-electron chi connectivity index (χ1n) is 8.31. The van der Waals surface area contributed by atoms with Crippen LogP contribution < -0.4 is 15.8 Å². The van der Waals surface area contributed by atoms with Gasteiger partial charge in [-0.1, -0.05) is 12.1 Å². The van der Waals surface area contributed by atoms with Gasteiger partial charge in [0.15, 0.2) is 6.61 Å². The minimum atomic E-state index is -4.41. The van der Waals surface area contributed by atoms with E-state index in [1.807, 2.05) is 13.8 Å². The molecule has 0 saturated carbocycles. The largest absolute Gasteiger partial charge is 0.483 e. The Morgan fingerprint density at radius 3 is 2.30 bits per heavy atom. The van der Waals surface area contributed by atoms with Crippen molar-refractivity contribution in [3.8, 4) is 5.75 Å². The number of rotatable bonds is 6. The predicted octanol–water partition coefficient (Wildman–Crippen LogP) is 3.71. The molecule has 3 N–H and O–H groups in total. The Hall–Kier alpha value is -2.61. The second-order valence-electron chi connectivity index (χ2n) is 6.82. The molecule has 1 heterocycles. The molecule has 1 aromatic carbocycles. The van der Waals surface area contributed by atoms with Crippen molar-refractivity contribution in [1.29, 1.82) is 0 Å². The Kier molecular flexibility index (Phi) is 6.10. The van der Waals surface area contributed by atoms with Crippen molar-refractivity contribution in [2.45, 2.75) is 38.5 Å². The molecule has 1 atom stereocenters. The Morgan fingerprint density at radius 1 is 1.19 bits per heavy atom. The maximum atomic E-state index is 12.3. The van der Waals surface area contributed by atoms with Gasteiger partial charge in [-0.05, 0) is 50.6 Å². The zero-order valence-electron chi connectivity index (χ0n) is 15.3. The first-order chi connectivity index (χ1) is 12.5. The monoisotopic (exact) mass is 381 g/mol. The van der Waals surface area contributed by atoms with E-state index < -0.39 is 24.4 Å². The summed E-state index contributed by atoms with van der Waals surface area (Å²) in [7, 11) is 0. The van der Waals surface area contributed by atoms with Gasteiger partial charge in [0, 0.05) is 11.1 Å². The van der Waals surface area contributed by atoms with Gasteiger partial charge in [-0.25, -0.2) is 0 Å². The van der Waals surface area contributed by atoms with E-state index in [-0.39, 0.29) is 11.7 Å². The van der Waals surface area contributed by atoms with Gasteiger partial charge in [-0.3, -0.25) is 9.78 Å². The third-order valence-electron chi connectivity index (χ3n) is 3.84. The molecule has 0 bridgehead atoms. The topological polar surface area (TPSA) is 77.2 Å². The number of carbonyl (C=O) groups excluding carboxylic acids is 1. The summed E-state index contributed by atoms with van der Waals surface area (Å²) in [6.45, 7) is 4.10. The predicted molar refractivity (Wildman–Crippen MR) is 95.3 cm³/mol. The summed E-state index contributed by atoms with van der Waals surface area (Å²) < 4.78 is 41.0. The molecule has 1 amide bonds. The lowest BCUT2D eigenvalue weighted by Gasteiger charge is -2.19. The van der Waals surface area contributed by atoms with Crippen molar-refractivity contribution in [1.82, 2.24) is 10.3 Å². The van der Waals surface area contributed by atoms with Crippen LogP contribution in [0.25, 0.3) is 0 Å². The van der Waals surface area contributed by atoms with E-state index in [2.05, 4.69) is 15.0 Å². The van der Waals surface area contributed by atoms with Crippen LogP contribution in [0.15, 0.2) is 42.6 Å². The van der Waals surface area contributed by atoms with Gasteiger partial charge in [-0.15, -0.1) is 0 Å². The molecule has 0 aliphatic rings. The number of benzene rings is 1. The first kappa shape index (κ1) is 20.7. The minimum absolute atomic E-state index is 0.00888. The fraction of sp³-hybridized carbons (Fsp3) is 0.368. The highest BCUT2D eigenvalue weighted by Gasteiger charge is 2.28. The number of pyridine rings is 1. The molecule has 0 fully saturated rings. The second-order valence-corrected chi connectivity index (χ2v) is 6.82. The molecular weight excluding hydrogens is 359 g/mol. The molecule has 1 aromatic heterocycles. The number of nitrogens with zero attached hydrogens (tertiary/aromatic N) is 1. The van der Waals surface area contributed by atoms with Crippen LogP contribution in [0.3, 0.4) is 0 Å². The van der Waals surface area contributed by atoms with Crippen LogP contribution in [-0.4, -0.2) is 23.7 Å². The van der Waals surface area contributed by atoms with Crippen LogP contribution >= 0.6 is 0 Å². The molecule has 27 heavy (non-hydrogen) atoms. The lowest BCUT2D eigenvalue weighted by Crippen LogP contribution is -2.29. The van der Waals surface area contributed by atoms with Gasteiger partial charge in [0.1, 0.15) is 5.75 Å². The zero-order chi connectivity index (χ0) is 20.2. The quantitative estimate of drug-likeness (QED) is 0.800. The molecule has 0 saturated heterocycles. The average molecular weight is 381 g/mol. The maximum absolute atomic E-state index is 12.3. The third-order valence-corrected chi connectivity index (χ3v) is 3.84. The number of hydrogen-bond acceptors (Lipinski definition) is 4. The first-order valence-corrected chi connectivity index (χ1v) is 8.31. The Balaban J connectivity index is 1.97. The van der Waals surface area contributed by atoms with E-state index >= 15 is 0 Å². The van der Waals surface area contributed by atoms with Gasteiger partial charge in [0.05, 0.1) is 17.9 Å². The summed E-state index contributed by atoms with van der Waals surface area (Å²) in [6, 6.07) is 9.43. The van der Waals surface area contributed by atoms with E-state index in [1.54, 1.807) is 31.2 Å². The van der Waals surface area contributed by atoms with Crippen LogP contribution in [0.4, 0.5) is 13.2 Å². The zero-order valence-corrected chi connectivity index (χ0v) is 15.3. The molecule has 0 spiro atoms. The fourth-order valence-electron chi connectivity index (χ4n) is 2.30. The molecule has 2 rings (SSSR count). The Bertz CT molecular complexity index is 767. The van der Waals surface area contributed by atoms with Crippen LogP contribution in [0.5, 0.6) is 5.75 Å². The van der Waals surface area contributed by atoms with Gasteiger partial charge in [0.2, 0.25) is 0 Å². The standard InChI is InChI=1S/C19H22F3N3O2/c1-12(16-9-8-15(10-24-16)27-11-19(20,21)22)25-17(26)13-4-6-14(7-5-13)18(2,3)23/h4-10,12H,11,23H2,1-3H3,(H,25,26)/t12-/m1/s1. The maximum Gasteiger partial charge on any atom is 0.422 e. The highest BCUT2D eigenvalue weighted by Crippen LogP contribution is 2.20. The van der Waals surface area contributed by atoms with Crippen molar-refractivity contribution in [3.05, 3.63) is 59.4 Å². The Morgan fingerprint density at radius 2 is 1.81 bits per heavy atom. The van der Waals surface area contributed by atoms with E-state index in [0.717, 1.165) is 5.56 Å². The van der Waals surface area contributed by atoms with Gasteiger partial charge < -0.3 is 15.8 Å². The summed E-state index contributed by atoms with van der Waals surface area (Å²) >= 11 is 0. The number of halogens is 3. The normalized spacial score (nSPS) is 13.1. The molecule has 0 unspecified atom stereocenters. The van der Waals surface area contributed by atoms with Gasteiger partial charge >= 0.3 is 6.18 Å². The molecule has 0 radical (unpaired) electrons. The second kappa shape index (κ2) is 7.96. The average Bonchev–Trinajstić information content (AvgIpc) is 2.59. The lowest BCUT2D eigenvalue weighted by molar-refractivity contribution is -0.153. The van der Waals surface area contributed by atoms with Crippen molar-refractivity contribution in [2.75, 3.05) is 6.61 Å². The highest BCUT2D eigenvalue weighted by molar-refractivity contribution is 5.94. The molecule has 0 aliphatic carbocycles. The molecule has 0 aliphatic heterocycles. The number of amides is 1. The number of nitrogens with one attached hydrogen (secondary N) is 1. The molecule has 8 heteroatoms. The van der Waals surface area contributed by atoms with Crippen molar-refractivity contribution in [2.24, 2.45) is 5.73 Å². The van der Waals surface area contributed by atoms with Crippen molar-refractivity contribution in [3.63, 3.8) is 0 Å². The SMILES string of the molecule is C[C@@H](NC(=O)c1ccc(C(C)(C)N)cc1)c1ccc(OCC(F)(F)F)cn1. The molecule has 146 valence electrons. The van der Waals surface area contributed by atoms with E-state index in [9.17, 15) is 18.0 Å². The van der Waals surface area contributed by atoms with E-state index in [0.29, 0.717) is 11.3 Å². The summed E-state index contributed by atoms with van der Waals surface area (Å²) in [4.78, 5) is 16.4. The number of ether oxygens (including phenoxy) is 1. The number of aromatic nitrogens is 1. The molecule has 5 nitrogen and oxygen atoms in total. The lowest BCUT2D eigenvalue weighted by atomic mass is 9.95. The minimum Gasteiger partial charge on any atom is -0.483 e. The number of nitrogens with two attached hydrogens (primary N) is 1. The van der Waals surface area contributed by atoms with Gasteiger partial charge in [0.25, 0.3) is 5.91 Å². The van der Waals surface area contributed by atoms with Crippen molar-refractivity contribution < 1.29 is 22.7 Å². The van der Waals surface area contributed by atoms with Crippen LogP contribution in [-0.2, 0) is 5.54 Å². The summed E-state index contributed by atoms with van der Waals surface area (Å²) in [5.74, 6) is -0.280. The summed E-state index contributed by atoms with van der Waals surface area (Å²) in [6.07, 6.45) is -3.21. The number of carbonyl (C=O) groups is 1. The Labute approximate surface area is 155 Å². The van der Waals surface area contributed by atoms with Crippen molar-refractivity contribution >= 4 is 5.91 Å².